The van der Waals surface area contributed by atoms with E-state index in [2.05, 4.69) is 26.6 Å². The average Bonchev–Trinajstić information content (AvgIpc) is 2.93. The van der Waals surface area contributed by atoms with E-state index in [9.17, 15) is 5.11 Å². The van der Waals surface area contributed by atoms with Gasteiger partial charge in [-0.15, -0.1) is 10.2 Å². The van der Waals surface area contributed by atoms with Crippen molar-refractivity contribution in [3.8, 4) is 0 Å². The Kier molecular flexibility index (Phi) is 3.71. The lowest BCUT2D eigenvalue weighted by Gasteiger charge is -2.35. The van der Waals surface area contributed by atoms with Crippen molar-refractivity contribution in [1.29, 1.82) is 0 Å². The van der Waals surface area contributed by atoms with Crippen LogP contribution in [0.5, 0.6) is 0 Å². The number of aliphatic hydroxyl groups excluding tert-OH is 1. The lowest BCUT2D eigenvalue weighted by molar-refractivity contribution is 0.0126. The predicted octanol–water partition coefficient (Wildman–Crippen LogP) is 0.705. The Morgan fingerprint density at radius 3 is 2.45 bits per heavy atom. The zero-order valence-electron chi connectivity index (χ0n) is 13.4. The first kappa shape index (κ1) is 14.6. The largest absolute Gasteiger partial charge is 0.392 e. The summed E-state index contributed by atoms with van der Waals surface area (Å²) in [6.07, 6.45) is 4.35. The van der Waals surface area contributed by atoms with Crippen LogP contribution >= 0.6 is 0 Å². The number of hydrogen-bond acceptors (Lipinski definition) is 5. The van der Waals surface area contributed by atoms with E-state index in [-0.39, 0.29) is 6.10 Å². The van der Waals surface area contributed by atoms with Crippen molar-refractivity contribution in [3.63, 3.8) is 0 Å². The molecule has 1 aromatic rings. The fourth-order valence-corrected chi connectivity index (χ4v) is 4.61. The minimum atomic E-state index is -0.0766. The summed E-state index contributed by atoms with van der Waals surface area (Å²) in [5.74, 6) is 3.62. The fraction of sp³-hybridized carbons (Fsp3) is 0.875. The van der Waals surface area contributed by atoms with Crippen molar-refractivity contribution in [1.82, 2.24) is 19.7 Å². The van der Waals surface area contributed by atoms with E-state index in [4.69, 9.17) is 5.73 Å². The molecular weight excluding hydrogens is 278 g/mol. The summed E-state index contributed by atoms with van der Waals surface area (Å²) in [5.41, 5.74) is 5.92. The fourth-order valence-electron chi connectivity index (χ4n) is 4.61. The molecule has 1 unspecified atom stereocenters. The van der Waals surface area contributed by atoms with Crippen LogP contribution in [0, 0.1) is 11.8 Å². The average molecular weight is 305 g/mol. The van der Waals surface area contributed by atoms with Gasteiger partial charge < -0.3 is 15.4 Å². The molecule has 2 saturated carbocycles. The van der Waals surface area contributed by atoms with Gasteiger partial charge in [0.15, 0.2) is 0 Å². The summed E-state index contributed by atoms with van der Waals surface area (Å²) in [6.45, 7) is 5.94. The number of nitrogens with zero attached hydrogens (tertiary/aromatic N) is 4. The van der Waals surface area contributed by atoms with Crippen molar-refractivity contribution in [2.45, 2.75) is 63.8 Å². The summed E-state index contributed by atoms with van der Waals surface area (Å²) in [4.78, 5) is 2.46. The van der Waals surface area contributed by atoms with Gasteiger partial charge in [-0.3, -0.25) is 4.90 Å². The molecule has 3 fully saturated rings. The van der Waals surface area contributed by atoms with Crippen LogP contribution in [0.25, 0.3) is 0 Å². The van der Waals surface area contributed by atoms with Gasteiger partial charge in [0, 0.05) is 31.6 Å². The van der Waals surface area contributed by atoms with E-state index in [0.717, 1.165) is 50.7 Å². The molecule has 3 N–H and O–H groups in total. The molecule has 3 atom stereocenters. The van der Waals surface area contributed by atoms with Crippen LogP contribution in [-0.4, -0.2) is 50.0 Å². The maximum atomic E-state index is 10.2. The second-order valence-corrected chi connectivity index (χ2v) is 7.43. The monoisotopic (exact) mass is 305 g/mol. The quantitative estimate of drug-likeness (QED) is 0.856. The van der Waals surface area contributed by atoms with E-state index in [1.807, 2.05) is 0 Å². The van der Waals surface area contributed by atoms with Gasteiger partial charge in [-0.25, -0.2) is 0 Å². The Balaban J connectivity index is 1.47. The van der Waals surface area contributed by atoms with Crippen molar-refractivity contribution >= 4 is 0 Å². The predicted molar refractivity (Wildman–Crippen MR) is 83.1 cm³/mol. The molecule has 2 heterocycles. The summed E-state index contributed by atoms with van der Waals surface area (Å²) < 4.78 is 2.28. The van der Waals surface area contributed by atoms with Gasteiger partial charge in [-0.2, -0.15) is 0 Å². The molecule has 22 heavy (non-hydrogen) atoms. The van der Waals surface area contributed by atoms with E-state index in [0.29, 0.717) is 23.8 Å². The highest BCUT2D eigenvalue weighted by Gasteiger charge is 2.41. The molecule has 0 spiro atoms. The lowest BCUT2D eigenvalue weighted by Crippen LogP contribution is -2.44. The molecule has 1 aromatic heterocycles. The Morgan fingerprint density at radius 1 is 1.18 bits per heavy atom. The smallest absolute Gasteiger partial charge is 0.147 e. The third-order valence-corrected chi connectivity index (χ3v) is 5.94. The number of aromatic nitrogens is 3. The first-order chi connectivity index (χ1) is 10.7. The van der Waals surface area contributed by atoms with Gasteiger partial charge in [-0.1, -0.05) is 0 Å². The van der Waals surface area contributed by atoms with Gasteiger partial charge in [0.1, 0.15) is 11.6 Å². The Hall–Kier alpha value is -0.980. The van der Waals surface area contributed by atoms with E-state index in [1.54, 1.807) is 0 Å². The minimum absolute atomic E-state index is 0.0766. The highest BCUT2D eigenvalue weighted by Crippen LogP contribution is 2.38. The van der Waals surface area contributed by atoms with Crippen molar-refractivity contribution in [3.05, 3.63) is 11.6 Å². The van der Waals surface area contributed by atoms with E-state index in [1.165, 1.54) is 12.8 Å². The number of nitrogens with two attached hydrogens (primary N) is 1. The topological polar surface area (TPSA) is 80.2 Å². The molecule has 1 aliphatic heterocycles. The standard InChI is InChI=1S/C16H27N5O/c1-2-21-14(18-19-16(21)12-5-13(17)6-12)9-20-7-10-3-4-11(8-20)15(10)22/h10-13,15,22H,2-9,17H2,1H3/t10-,11+,12?,13?,15?. The molecule has 0 aromatic carbocycles. The number of fused-ring (bicyclic) bond motifs is 2. The lowest BCUT2D eigenvalue weighted by atomic mass is 9.80. The molecule has 0 radical (unpaired) electrons. The van der Waals surface area contributed by atoms with E-state index >= 15 is 0 Å². The van der Waals surface area contributed by atoms with E-state index < -0.39 is 0 Å². The molecule has 1 saturated heterocycles. The van der Waals surface area contributed by atoms with Crippen molar-refractivity contribution in [2.75, 3.05) is 13.1 Å². The van der Waals surface area contributed by atoms with Crippen molar-refractivity contribution < 1.29 is 5.11 Å². The zero-order chi connectivity index (χ0) is 15.3. The molecule has 6 heteroatoms. The maximum absolute atomic E-state index is 10.2. The summed E-state index contributed by atoms with van der Waals surface area (Å²) in [7, 11) is 0. The molecule has 4 rings (SSSR count). The van der Waals surface area contributed by atoms with Gasteiger partial charge in [0.05, 0.1) is 12.6 Å². The zero-order valence-corrected chi connectivity index (χ0v) is 13.4. The van der Waals surface area contributed by atoms with Gasteiger partial charge in [0.25, 0.3) is 0 Å². The molecular formula is C16H27N5O. The SMILES string of the molecule is CCn1c(CN2C[C@H]3CC[C@@H](C2)C3O)nnc1C1CC(N)C1. The third kappa shape index (κ3) is 2.37. The second-order valence-electron chi connectivity index (χ2n) is 7.43. The normalized spacial score (nSPS) is 38.2. The number of piperidine rings is 1. The first-order valence-corrected chi connectivity index (χ1v) is 8.73. The Morgan fingerprint density at radius 2 is 1.86 bits per heavy atom. The molecule has 2 bridgehead atoms. The molecule has 2 aliphatic carbocycles. The maximum Gasteiger partial charge on any atom is 0.147 e. The highest BCUT2D eigenvalue weighted by molar-refractivity contribution is 5.09. The Labute approximate surface area is 131 Å². The Bertz CT molecular complexity index is 525. The van der Waals surface area contributed by atoms with Gasteiger partial charge >= 0.3 is 0 Å². The van der Waals surface area contributed by atoms with Crippen LogP contribution in [0.2, 0.25) is 0 Å². The van der Waals surface area contributed by atoms with Crippen LogP contribution < -0.4 is 5.73 Å². The molecule has 3 aliphatic rings. The number of likely N-dealkylation sites (tertiary alicyclic amines) is 1. The highest BCUT2D eigenvalue weighted by atomic mass is 16.3. The van der Waals surface area contributed by atoms with Crippen LogP contribution in [-0.2, 0) is 13.1 Å². The summed E-state index contributed by atoms with van der Waals surface area (Å²) in [6, 6.07) is 0.342. The second kappa shape index (κ2) is 5.58. The summed E-state index contributed by atoms with van der Waals surface area (Å²) in [5, 5.41) is 19.1. The van der Waals surface area contributed by atoms with Gasteiger partial charge in [0.2, 0.25) is 0 Å². The first-order valence-electron chi connectivity index (χ1n) is 8.73. The molecule has 0 amide bonds. The number of rotatable bonds is 4. The number of aliphatic hydroxyl groups is 1. The van der Waals surface area contributed by atoms with Crippen LogP contribution in [0.15, 0.2) is 0 Å². The molecule has 122 valence electrons. The van der Waals surface area contributed by atoms with Crippen LogP contribution in [0.4, 0.5) is 0 Å². The van der Waals surface area contributed by atoms with Gasteiger partial charge in [-0.05, 0) is 44.4 Å². The molecule has 6 nitrogen and oxygen atoms in total. The van der Waals surface area contributed by atoms with Crippen LogP contribution in [0.1, 0.15) is 50.2 Å². The third-order valence-electron chi connectivity index (χ3n) is 5.94. The summed E-state index contributed by atoms with van der Waals surface area (Å²) >= 11 is 0. The minimum Gasteiger partial charge on any atom is -0.392 e. The van der Waals surface area contributed by atoms with Crippen molar-refractivity contribution in [2.24, 2.45) is 17.6 Å². The van der Waals surface area contributed by atoms with Crippen LogP contribution in [0.3, 0.4) is 0 Å². The number of hydrogen-bond donors (Lipinski definition) is 2.